The number of amides is 1. The first-order valence-corrected chi connectivity index (χ1v) is 11.0. The molecule has 7 nitrogen and oxygen atoms in total. The van der Waals surface area contributed by atoms with Crippen LogP contribution in [-0.2, 0) is 15.6 Å². The smallest absolute Gasteiger partial charge is 0.264 e. The number of nitrogens with zero attached hydrogens (tertiary/aromatic N) is 3. The number of hydrogen-bond donors (Lipinski definition) is 1. The molecule has 158 valence electrons. The lowest BCUT2D eigenvalue weighted by atomic mass is 10.1. The lowest BCUT2D eigenvalue weighted by molar-refractivity contribution is 0.102. The number of para-hydroxylation sites is 1. The van der Waals surface area contributed by atoms with Crippen LogP contribution < -0.4 is 9.62 Å². The highest BCUT2D eigenvalue weighted by Crippen LogP contribution is 2.24. The summed E-state index contributed by atoms with van der Waals surface area (Å²) in [6.45, 7) is 7.82. The summed E-state index contributed by atoms with van der Waals surface area (Å²) in [5.74, 6) is 0.152. The summed E-state index contributed by atoms with van der Waals surface area (Å²) < 4.78 is 29.0. The number of benzene rings is 2. The van der Waals surface area contributed by atoms with E-state index in [4.69, 9.17) is 0 Å². The van der Waals surface area contributed by atoms with Gasteiger partial charge in [-0.3, -0.25) is 9.10 Å². The van der Waals surface area contributed by atoms with E-state index in [0.29, 0.717) is 11.5 Å². The molecule has 0 atom stereocenters. The summed E-state index contributed by atoms with van der Waals surface area (Å²) in [5.41, 5.74) is 1.25. The fourth-order valence-corrected chi connectivity index (χ4v) is 4.26. The van der Waals surface area contributed by atoms with Crippen molar-refractivity contribution < 1.29 is 13.2 Å². The van der Waals surface area contributed by atoms with Gasteiger partial charge in [-0.05, 0) is 58.0 Å². The zero-order valence-corrected chi connectivity index (χ0v) is 18.6. The highest BCUT2D eigenvalue weighted by molar-refractivity contribution is 7.92. The molecule has 0 radical (unpaired) electrons. The van der Waals surface area contributed by atoms with Crippen molar-refractivity contribution in [2.45, 2.75) is 38.1 Å². The average Bonchev–Trinajstić information content (AvgIpc) is 3.08. The van der Waals surface area contributed by atoms with Gasteiger partial charge in [0.05, 0.1) is 21.8 Å². The number of carbonyl (C=O) groups excluding carboxylic acids is 1. The molecule has 8 heteroatoms. The third-order valence-corrected chi connectivity index (χ3v) is 6.36. The third-order valence-electron chi connectivity index (χ3n) is 4.58. The first kappa shape index (κ1) is 21.6. The van der Waals surface area contributed by atoms with Crippen molar-refractivity contribution in [1.82, 2.24) is 9.78 Å². The zero-order valence-electron chi connectivity index (χ0n) is 17.7. The summed E-state index contributed by atoms with van der Waals surface area (Å²) in [6.07, 6.45) is 0. The van der Waals surface area contributed by atoms with Crippen LogP contribution in [0.3, 0.4) is 0 Å². The maximum Gasteiger partial charge on any atom is 0.264 e. The molecular weight excluding hydrogens is 400 g/mol. The number of sulfonamides is 1. The van der Waals surface area contributed by atoms with E-state index in [9.17, 15) is 13.2 Å². The van der Waals surface area contributed by atoms with Gasteiger partial charge in [0.15, 0.2) is 0 Å². The second kappa shape index (κ2) is 7.95. The van der Waals surface area contributed by atoms with Gasteiger partial charge in [0, 0.05) is 18.7 Å². The molecule has 0 aliphatic rings. The largest absolute Gasteiger partial charge is 0.307 e. The minimum absolute atomic E-state index is 0.0435. The number of anilines is 2. The Kier molecular flexibility index (Phi) is 5.72. The molecule has 1 heterocycles. The van der Waals surface area contributed by atoms with Gasteiger partial charge in [0.2, 0.25) is 0 Å². The highest BCUT2D eigenvalue weighted by atomic mass is 32.2. The summed E-state index contributed by atoms with van der Waals surface area (Å²) in [6, 6.07) is 16.6. The number of rotatable bonds is 5. The number of hydrogen-bond acceptors (Lipinski definition) is 4. The maximum atomic E-state index is 13.0. The van der Waals surface area contributed by atoms with Gasteiger partial charge in [0.25, 0.3) is 15.9 Å². The summed E-state index contributed by atoms with van der Waals surface area (Å²) in [4.78, 5) is 12.9. The Labute approximate surface area is 177 Å². The molecule has 0 aliphatic heterocycles. The standard InChI is InChI=1S/C22H26N4O3S/c1-16-14-20(26(24-16)22(2,3)4)23-21(27)17-10-9-13-19(15-17)30(28,29)25(5)18-11-7-6-8-12-18/h6-15H,1-5H3,(H,23,27). The molecule has 0 aliphatic carbocycles. The quantitative estimate of drug-likeness (QED) is 0.668. The van der Waals surface area contributed by atoms with Crippen molar-refractivity contribution in [1.29, 1.82) is 0 Å². The van der Waals surface area contributed by atoms with Crippen molar-refractivity contribution in [3.8, 4) is 0 Å². The van der Waals surface area contributed by atoms with E-state index in [1.165, 1.54) is 23.5 Å². The van der Waals surface area contributed by atoms with Crippen LogP contribution in [0.15, 0.2) is 65.6 Å². The molecule has 0 unspecified atom stereocenters. The summed E-state index contributed by atoms with van der Waals surface area (Å²) >= 11 is 0. The molecule has 3 aromatic rings. The predicted molar refractivity (Wildman–Crippen MR) is 118 cm³/mol. The van der Waals surface area contributed by atoms with Crippen LogP contribution >= 0.6 is 0 Å². The minimum Gasteiger partial charge on any atom is -0.307 e. The van der Waals surface area contributed by atoms with Crippen LogP contribution in [0.4, 0.5) is 11.5 Å². The van der Waals surface area contributed by atoms with Crippen LogP contribution in [0.5, 0.6) is 0 Å². The summed E-state index contributed by atoms with van der Waals surface area (Å²) in [7, 11) is -2.32. The second-order valence-corrected chi connectivity index (χ2v) is 10.0. The Hall–Kier alpha value is -3.13. The van der Waals surface area contributed by atoms with E-state index in [2.05, 4.69) is 10.4 Å². The molecule has 30 heavy (non-hydrogen) atoms. The van der Waals surface area contributed by atoms with Crippen molar-refractivity contribution in [3.63, 3.8) is 0 Å². The van der Waals surface area contributed by atoms with Crippen molar-refractivity contribution >= 4 is 27.4 Å². The minimum atomic E-state index is -3.81. The van der Waals surface area contributed by atoms with E-state index in [1.54, 1.807) is 47.1 Å². The molecule has 0 spiro atoms. The number of aryl methyl sites for hydroxylation is 1. The highest BCUT2D eigenvalue weighted by Gasteiger charge is 2.24. The van der Waals surface area contributed by atoms with E-state index in [0.717, 1.165) is 5.69 Å². The van der Waals surface area contributed by atoms with Gasteiger partial charge >= 0.3 is 0 Å². The van der Waals surface area contributed by atoms with E-state index < -0.39 is 15.9 Å². The normalized spacial score (nSPS) is 11.9. The number of nitrogens with one attached hydrogen (secondary N) is 1. The topological polar surface area (TPSA) is 84.3 Å². The molecular formula is C22H26N4O3S. The fraction of sp³-hybridized carbons (Fsp3) is 0.273. The lowest BCUT2D eigenvalue weighted by Crippen LogP contribution is -2.27. The molecule has 0 saturated heterocycles. The molecule has 1 N–H and O–H groups in total. The molecule has 1 amide bonds. The van der Waals surface area contributed by atoms with Crippen LogP contribution in [0, 0.1) is 6.92 Å². The zero-order chi connectivity index (χ0) is 22.1. The molecule has 3 rings (SSSR count). The SMILES string of the molecule is Cc1cc(NC(=O)c2cccc(S(=O)(=O)N(C)c3ccccc3)c2)n(C(C)(C)C)n1. The summed E-state index contributed by atoms with van der Waals surface area (Å²) in [5, 5.41) is 7.29. The van der Waals surface area contributed by atoms with Crippen LogP contribution in [0.1, 0.15) is 36.8 Å². The first-order chi connectivity index (χ1) is 14.0. The van der Waals surface area contributed by atoms with Gasteiger partial charge in [-0.2, -0.15) is 5.10 Å². The molecule has 1 aromatic heterocycles. The van der Waals surface area contributed by atoms with E-state index >= 15 is 0 Å². The Morgan fingerprint density at radius 3 is 2.33 bits per heavy atom. The Morgan fingerprint density at radius 2 is 1.70 bits per heavy atom. The Morgan fingerprint density at radius 1 is 1.03 bits per heavy atom. The Balaban J connectivity index is 1.90. The van der Waals surface area contributed by atoms with Gasteiger partial charge in [-0.25, -0.2) is 13.1 Å². The van der Waals surface area contributed by atoms with Crippen LogP contribution in [-0.4, -0.2) is 31.2 Å². The fourth-order valence-electron chi connectivity index (χ4n) is 3.02. The van der Waals surface area contributed by atoms with Gasteiger partial charge in [-0.1, -0.05) is 24.3 Å². The van der Waals surface area contributed by atoms with Crippen LogP contribution in [0.25, 0.3) is 0 Å². The first-order valence-electron chi connectivity index (χ1n) is 9.53. The van der Waals surface area contributed by atoms with Crippen molar-refractivity contribution in [2.75, 3.05) is 16.7 Å². The van der Waals surface area contributed by atoms with Gasteiger partial charge in [0.1, 0.15) is 5.82 Å². The number of carbonyl (C=O) groups is 1. The Bertz CT molecular complexity index is 1160. The van der Waals surface area contributed by atoms with Crippen LogP contribution in [0.2, 0.25) is 0 Å². The predicted octanol–water partition coefficient (Wildman–Crippen LogP) is 4.02. The lowest BCUT2D eigenvalue weighted by Gasteiger charge is -2.22. The molecule has 2 aromatic carbocycles. The number of aromatic nitrogens is 2. The van der Waals surface area contributed by atoms with E-state index in [-0.39, 0.29) is 16.0 Å². The molecule has 0 bridgehead atoms. The van der Waals surface area contributed by atoms with E-state index in [1.807, 2.05) is 33.8 Å². The molecule has 0 fully saturated rings. The third kappa shape index (κ3) is 4.38. The average molecular weight is 427 g/mol. The molecule has 0 saturated carbocycles. The maximum absolute atomic E-state index is 13.0. The van der Waals surface area contributed by atoms with Gasteiger partial charge in [-0.15, -0.1) is 0 Å². The van der Waals surface area contributed by atoms with Gasteiger partial charge < -0.3 is 5.32 Å². The monoisotopic (exact) mass is 426 g/mol. The second-order valence-electron chi connectivity index (χ2n) is 8.04. The van der Waals surface area contributed by atoms with Crippen molar-refractivity contribution in [2.24, 2.45) is 0 Å². The van der Waals surface area contributed by atoms with Crippen molar-refractivity contribution in [3.05, 3.63) is 71.9 Å².